The molecule has 11 heteroatoms. The maximum atomic E-state index is 13.8. The Hall–Kier alpha value is -3.86. The molecule has 4 rings (SSSR count). The van der Waals surface area contributed by atoms with Gasteiger partial charge in [0.05, 0.1) is 12.2 Å². The van der Waals surface area contributed by atoms with Crippen molar-refractivity contribution in [2.75, 3.05) is 12.4 Å². The van der Waals surface area contributed by atoms with Crippen molar-refractivity contribution >= 4 is 17.5 Å². The van der Waals surface area contributed by atoms with Crippen LogP contribution in [0.4, 0.5) is 14.5 Å². The molecule has 2 aromatic heterocycles. The van der Waals surface area contributed by atoms with Crippen LogP contribution < -0.4 is 15.4 Å². The normalized spacial score (nSPS) is 16.1. The largest absolute Gasteiger partial charge is 0.618 e. The van der Waals surface area contributed by atoms with E-state index in [0.29, 0.717) is 11.4 Å². The van der Waals surface area contributed by atoms with E-state index >= 15 is 0 Å². The van der Waals surface area contributed by atoms with E-state index in [4.69, 9.17) is 9.26 Å². The van der Waals surface area contributed by atoms with Crippen LogP contribution in [0.5, 0.6) is 0 Å². The minimum absolute atomic E-state index is 0.0326. The molecule has 1 aliphatic carbocycles. The molecule has 202 valence electrons. The Kier molecular flexibility index (Phi) is 8.05. The molecular weight excluding hydrogens is 498 g/mol. The Bertz CT molecular complexity index is 1300. The van der Waals surface area contributed by atoms with Crippen molar-refractivity contribution in [3.05, 3.63) is 70.5 Å². The standard InChI is InChI=1S/C27H30F2N4O5/c1-16-10-13-33(36)17(2)23(16)18-4-6-20(7-5-18)30-26(35)24(19-8-11-27(28,29)12-9-19)31-25(34)21-14-38-32-22(21)15-37-3/h4-7,10,13-14,19,24H,8-9,11-12,15H2,1-3H3,(H,30,35)(H,31,34)/t24-/m0/s1. The van der Waals surface area contributed by atoms with E-state index in [-0.39, 0.29) is 43.5 Å². The molecule has 0 radical (unpaired) electrons. The van der Waals surface area contributed by atoms with Crippen LogP contribution in [0.3, 0.4) is 0 Å². The summed E-state index contributed by atoms with van der Waals surface area (Å²) in [5.74, 6) is -4.39. The number of nitrogens with zero attached hydrogens (tertiary/aromatic N) is 2. The zero-order chi connectivity index (χ0) is 27.4. The van der Waals surface area contributed by atoms with Gasteiger partial charge in [-0.15, -0.1) is 0 Å². The molecular formula is C27H30F2N4O5. The summed E-state index contributed by atoms with van der Waals surface area (Å²) in [5.41, 5.74) is 3.94. The first kappa shape index (κ1) is 27.2. The van der Waals surface area contributed by atoms with Crippen molar-refractivity contribution in [1.82, 2.24) is 10.5 Å². The van der Waals surface area contributed by atoms with Gasteiger partial charge in [-0.25, -0.2) is 8.78 Å². The molecule has 1 saturated carbocycles. The monoisotopic (exact) mass is 528 g/mol. The number of aromatic nitrogens is 2. The summed E-state index contributed by atoms with van der Waals surface area (Å²) in [6, 6.07) is 7.64. The summed E-state index contributed by atoms with van der Waals surface area (Å²) in [7, 11) is 1.44. The third kappa shape index (κ3) is 5.99. The maximum absolute atomic E-state index is 13.8. The van der Waals surface area contributed by atoms with Crippen LogP contribution in [0.2, 0.25) is 0 Å². The first-order chi connectivity index (χ1) is 18.1. The van der Waals surface area contributed by atoms with Gasteiger partial charge in [-0.3, -0.25) is 9.59 Å². The number of nitrogens with one attached hydrogen (secondary N) is 2. The second-order valence-corrected chi connectivity index (χ2v) is 9.60. The van der Waals surface area contributed by atoms with Crippen LogP contribution in [0.1, 0.15) is 53.0 Å². The van der Waals surface area contributed by atoms with Gasteiger partial charge in [-0.05, 0) is 48.9 Å². The number of benzene rings is 1. The minimum atomic E-state index is -2.78. The van der Waals surface area contributed by atoms with E-state index in [2.05, 4.69) is 15.8 Å². The highest BCUT2D eigenvalue weighted by Crippen LogP contribution is 2.38. The van der Waals surface area contributed by atoms with Crippen LogP contribution in [0.15, 0.2) is 47.3 Å². The predicted molar refractivity (Wildman–Crippen MR) is 134 cm³/mol. The molecule has 1 aliphatic rings. The van der Waals surface area contributed by atoms with Crippen LogP contribution in [-0.4, -0.2) is 36.0 Å². The fourth-order valence-electron chi connectivity index (χ4n) is 4.84. The van der Waals surface area contributed by atoms with Gasteiger partial charge in [-0.1, -0.05) is 17.3 Å². The van der Waals surface area contributed by atoms with E-state index in [9.17, 15) is 23.6 Å². The van der Waals surface area contributed by atoms with Gasteiger partial charge in [0.1, 0.15) is 23.6 Å². The van der Waals surface area contributed by atoms with E-state index in [1.807, 2.05) is 6.92 Å². The van der Waals surface area contributed by atoms with Crippen molar-refractivity contribution in [2.45, 2.75) is 58.1 Å². The molecule has 0 bridgehead atoms. The van der Waals surface area contributed by atoms with Gasteiger partial charge in [-0.2, -0.15) is 4.73 Å². The van der Waals surface area contributed by atoms with E-state index < -0.39 is 29.7 Å². The molecule has 3 aromatic rings. The Balaban J connectivity index is 1.54. The molecule has 0 unspecified atom stereocenters. The Morgan fingerprint density at radius 3 is 2.55 bits per heavy atom. The fourth-order valence-corrected chi connectivity index (χ4v) is 4.84. The van der Waals surface area contributed by atoms with E-state index in [0.717, 1.165) is 27.7 Å². The molecule has 1 fully saturated rings. The third-order valence-electron chi connectivity index (χ3n) is 6.96. The first-order valence-electron chi connectivity index (χ1n) is 12.3. The molecule has 9 nitrogen and oxygen atoms in total. The smallest absolute Gasteiger partial charge is 0.257 e. The number of carbonyl (C=O) groups is 2. The Morgan fingerprint density at radius 2 is 1.89 bits per heavy atom. The molecule has 0 spiro atoms. The number of alkyl halides is 2. The molecule has 2 N–H and O–H groups in total. The fraction of sp³-hybridized carbons (Fsp3) is 0.407. The number of aryl methyl sites for hydroxylation is 1. The number of anilines is 1. The Labute approximate surface area is 218 Å². The second-order valence-electron chi connectivity index (χ2n) is 9.60. The lowest BCUT2D eigenvalue weighted by Crippen LogP contribution is -2.50. The number of carbonyl (C=O) groups excluding carboxylic acids is 2. The van der Waals surface area contributed by atoms with Crippen LogP contribution in [-0.2, 0) is 16.1 Å². The molecule has 38 heavy (non-hydrogen) atoms. The van der Waals surface area contributed by atoms with Gasteiger partial charge in [0.2, 0.25) is 11.8 Å². The number of methoxy groups -OCH3 is 1. The molecule has 1 atom stereocenters. The zero-order valence-electron chi connectivity index (χ0n) is 21.4. The number of hydrogen-bond acceptors (Lipinski definition) is 6. The van der Waals surface area contributed by atoms with Crippen molar-refractivity contribution in [1.29, 1.82) is 0 Å². The average molecular weight is 529 g/mol. The lowest BCUT2D eigenvalue weighted by atomic mass is 9.81. The maximum Gasteiger partial charge on any atom is 0.257 e. The van der Waals surface area contributed by atoms with Crippen molar-refractivity contribution < 1.29 is 32.4 Å². The molecule has 2 amide bonds. The zero-order valence-corrected chi connectivity index (χ0v) is 21.4. The SMILES string of the molecule is COCc1nocc1C(=O)N[C@H](C(=O)Nc1ccc(-c2c(C)cc[n+]([O-])c2C)cc1)C1CCC(F)(F)CC1. The third-order valence-corrected chi connectivity index (χ3v) is 6.96. The minimum Gasteiger partial charge on any atom is -0.618 e. The Morgan fingerprint density at radius 1 is 1.21 bits per heavy atom. The van der Waals surface area contributed by atoms with Gasteiger partial charge in [0.15, 0.2) is 11.9 Å². The van der Waals surface area contributed by atoms with Crippen molar-refractivity contribution in [2.24, 2.45) is 5.92 Å². The number of rotatable bonds is 8. The van der Waals surface area contributed by atoms with E-state index in [1.165, 1.54) is 13.3 Å². The molecule has 0 saturated heterocycles. The van der Waals surface area contributed by atoms with Crippen LogP contribution in [0, 0.1) is 25.0 Å². The number of amides is 2. The van der Waals surface area contributed by atoms with Crippen LogP contribution in [0.25, 0.3) is 11.1 Å². The van der Waals surface area contributed by atoms with Crippen molar-refractivity contribution in [3.8, 4) is 11.1 Å². The summed E-state index contributed by atoms with van der Waals surface area (Å²) in [6.07, 6.45) is 2.07. The molecule has 2 heterocycles. The van der Waals surface area contributed by atoms with Gasteiger partial charge in [0.25, 0.3) is 5.91 Å². The first-order valence-corrected chi connectivity index (χ1v) is 12.3. The summed E-state index contributed by atoms with van der Waals surface area (Å²) in [4.78, 5) is 26.4. The van der Waals surface area contributed by atoms with Gasteiger partial charge in [0, 0.05) is 38.6 Å². The summed E-state index contributed by atoms with van der Waals surface area (Å²) >= 11 is 0. The molecule has 1 aromatic carbocycles. The lowest BCUT2D eigenvalue weighted by Gasteiger charge is -2.33. The number of halogens is 2. The molecule has 0 aliphatic heterocycles. The second kappa shape index (κ2) is 11.3. The topological polar surface area (TPSA) is 120 Å². The summed E-state index contributed by atoms with van der Waals surface area (Å²) in [6.45, 7) is 3.68. The number of ether oxygens (including phenoxy) is 1. The highest BCUT2D eigenvalue weighted by Gasteiger charge is 2.40. The number of pyridine rings is 1. The highest BCUT2D eigenvalue weighted by atomic mass is 19.3. The van der Waals surface area contributed by atoms with E-state index in [1.54, 1.807) is 37.3 Å². The summed E-state index contributed by atoms with van der Waals surface area (Å²) < 4.78 is 38.4. The quantitative estimate of drug-likeness (QED) is 0.332. The predicted octanol–water partition coefficient (Wildman–Crippen LogP) is 4.30. The van der Waals surface area contributed by atoms with Crippen molar-refractivity contribution in [3.63, 3.8) is 0 Å². The van der Waals surface area contributed by atoms with Crippen LogP contribution >= 0.6 is 0 Å². The van der Waals surface area contributed by atoms with Gasteiger partial charge < -0.3 is 25.1 Å². The highest BCUT2D eigenvalue weighted by molar-refractivity contribution is 6.01. The summed E-state index contributed by atoms with van der Waals surface area (Å²) in [5, 5.41) is 21.3. The lowest BCUT2D eigenvalue weighted by molar-refractivity contribution is -0.611. The number of hydrogen-bond donors (Lipinski definition) is 2. The average Bonchev–Trinajstić information content (AvgIpc) is 3.35. The van der Waals surface area contributed by atoms with Gasteiger partial charge >= 0.3 is 0 Å².